The van der Waals surface area contributed by atoms with Crippen LogP contribution in [0.2, 0.25) is 0 Å². The van der Waals surface area contributed by atoms with Crippen molar-refractivity contribution < 1.29 is 8.42 Å². The Bertz CT molecular complexity index is 1740. The second-order valence-electron chi connectivity index (χ2n) is 8.07. The lowest BCUT2D eigenvalue weighted by Gasteiger charge is -2.13. The van der Waals surface area contributed by atoms with Gasteiger partial charge in [0.05, 0.1) is 27.8 Å². The molecular weight excluding hydrogens is 440 g/mol. The lowest BCUT2D eigenvalue weighted by Crippen LogP contribution is -2.12. The maximum atomic E-state index is 13.9. The fourth-order valence-corrected chi connectivity index (χ4v) is 6.10. The zero-order valence-corrected chi connectivity index (χ0v) is 19.0. The van der Waals surface area contributed by atoms with Gasteiger partial charge in [0.15, 0.2) is 0 Å². The monoisotopic (exact) mass is 460 g/mol. The molecule has 164 valence electrons. The Morgan fingerprint density at radius 1 is 0.588 bits per heavy atom. The molecule has 0 aliphatic heterocycles. The van der Waals surface area contributed by atoms with E-state index in [1.807, 2.05) is 91.0 Å². The van der Waals surface area contributed by atoms with Gasteiger partial charge < -0.3 is 0 Å². The van der Waals surface area contributed by atoms with Crippen LogP contribution in [-0.4, -0.2) is 17.4 Å². The highest BCUT2D eigenvalue weighted by molar-refractivity contribution is 7.90. The molecule has 6 rings (SSSR count). The summed E-state index contributed by atoms with van der Waals surface area (Å²) in [6, 6.07) is 36.2. The number of nitrogens with zero attached hydrogens (tertiary/aromatic N) is 2. The zero-order valence-electron chi connectivity index (χ0n) is 18.2. The fourth-order valence-electron chi connectivity index (χ4n) is 4.58. The number of fused-ring (bicyclic) bond motifs is 3. The molecule has 0 radical (unpaired) electrons. The average Bonchev–Trinajstić information content (AvgIpc) is 3.25. The van der Waals surface area contributed by atoms with Crippen molar-refractivity contribution in [2.75, 3.05) is 0 Å². The molecule has 2 heterocycles. The Kier molecular flexibility index (Phi) is 4.78. The highest BCUT2D eigenvalue weighted by Gasteiger charge is 2.26. The molecule has 4 aromatic carbocycles. The summed E-state index contributed by atoms with van der Waals surface area (Å²) in [4.78, 5) is 5.07. The number of para-hydroxylation sites is 1. The molecule has 0 unspecified atom stereocenters. The Morgan fingerprint density at radius 2 is 1.15 bits per heavy atom. The molecule has 0 aliphatic rings. The number of benzene rings is 4. The second kappa shape index (κ2) is 7.97. The van der Waals surface area contributed by atoms with E-state index >= 15 is 0 Å². The van der Waals surface area contributed by atoms with Crippen LogP contribution >= 0.6 is 0 Å². The first-order valence-corrected chi connectivity index (χ1v) is 12.4. The third-order valence-electron chi connectivity index (χ3n) is 6.06. The SMILES string of the molecule is O=S(=O)(c1ccccc1)n1c2ccccc2c2c(-c3ccccc3)c(-c3ccccc3)ncc21. The summed E-state index contributed by atoms with van der Waals surface area (Å²) < 4.78 is 29.2. The molecule has 5 heteroatoms. The van der Waals surface area contributed by atoms with Gasteiger partial charge in [-0.25, -0.2) is 12.4 Å². The lowest BCUT2D eigenvalue weighted by molar-refractivity contribution is 0.590. The van der Waals surface area contributed by atoms with Crippen molar-refractivity contribution in [1.29, 1.82) is 0 Å². The molecule has 4 nitrogen and oxygen atoms in total. The van der Waals surface area contributed by atoms with Crippen molar-refractivity contribution in [2.24, 2.45) is 0 Å². The van der Waals surface area contributed by atoms with E-state index in [0.717, 1.165) is 33.2 Å². The van der Waals surface area contributed by atoms with E-state index in [-0.39, 0.29) is 4.90 Å². The summed E-state index contributed by atoms with van der Waals surface area (Å²) in [5.41, 5.74) is 4.89. The summed E-state index contributed by atoms with van der Waals surface area (Å²) in [7, 11) is -3.85. The minimum atomic E-state index is -3.85. The molecule has 0 aliphatic carbocycles. The van der Waals surface area contributed by atoms with E-state index in [4.69, 9.17) is 4.98 Å². The summed E-state index contributed by atoms with van der Waals surface area (Å²) in [6.07, 6.45) is 1.69. The fraction of sp³-hybridized carbons (Fsp3) is 0. The molecule has 0 fully saturated rings. The normalized spacial score (nSPS) is 11.8. The van der Waals surface area contributed by atoms with Crippen molar-refractivity contribution in [1.82, 2.24) is 8.96 Å². The molecule has 0 bridgehead atoms. The first-order valence-electron chi connectivity index (χ1n) is 11.0. The van der Waals surface area contributed by atoms with Crippen LogP contribution in [0.5, 0.6) is 0 Å². The van der Waals surface area contributed by atoms with Crippen LogP contribution in [0, 0.1) is 0 Å². The average molecular weight is 461 g/mol. The first-order chi connectivity index (χ1) is 16.7. The highest BCUT2D eigenvalue weighted by atomic mass is 32.2. The number of hydrogen-bond acceptors (Lipinski definition) is 3. The summed E-state index contributed by atoms with van der Waals surface area (Å²) in [5, 5.41) is 1.74. The Balaban J connectivity index is 1.80. The Hall–Kier alpha value is -4.22. The topological polar surface area (TPSA) is 52.0 Å². The first kappa shape index (κ1) is 20.4. The molecule has 2 aromatic heterocycles. The van der Waals surface area contributed by atoms with E-state index in [1.54, 1.807) is 30.5 Å². The van der Waals surface area contributed by atoms with Crippen LogP contribution in [0.4, 0.5) is 0 Å². The van der Waals surface area contributed by atoms with Gasteiger partial charge in [0.2, 0.25) is 0 Å². The van der Waals surface area contributed by atoms with E-state index in [9.17, 15) is 8.42 Å². The predicted octanol–water partition coefficient (Wildman–Crippen LogP) is 6.76. The molecule has 0 N–H and O–H groups in total. The minimum absolute atomic E-state index is 0.242. The molecule has 34 heavy (non-hydrogen) atoms. The molecule has 0 amide bonds. The number of pyridine rings is 1. The molecule has 0 atom stereocenters. The maximum absolute atomic E-state index is 13.9. The van der Waals surface area contributed by atoms with Crippen LogP contribution in [0.15, 0.2) is 126 Å². The largest absolute Gasteiger partial charge is 0.268 e. The Labute approximate surface area is 197 Å². The number of aromatic nitrogens is 2. The lowest BCUT2D eigenvalue weighted by atomic mass is 9.95. The van der Waals surface area contributed by atoms with Crippen molar-refractivity contribution in [3.8, 4) is 22.4 Å². The quantitative estimate of drug-likeness (QED) is 0.292. The minimum Gasteiger partial charge on any atom is -0.253 e. The van der Waals surface area contributed by atoms with Gasteiger partial charge in [-0.2, -0.15) is 0 Å². The van der Waals surface area contributed by atoms with Gasteiger partial charge in [0.25, 0.3) is 10.0 Å². The summed E-state index contributed by atoms with van der Waals surface area (Å²) >= 11 is 0. The van der Waals surface area contributed by atoms with Crippen molar-refractivity contribution in [2.45, 2.75) is 4.90 Å². The number of rotatable bonds is 4. The second-order valence-corrected chi connectivity index (χ2v) is 9.86. The smallest absolute Gasteiger partial charge is 0.253 e. The summed E-state index contributed by atoms with van der Waals surface area (Å²) in [6.45, 7) is 0. The predicted molar refractivity (Wildman–Crippen MR) is 137 cm³/mol. The maximum Gasteiger partial charge on any atom is 0.268 e. The van der Waals surface area contributed by atoms with Gasteiger partial charge in [-0.1, -0.05) is 97.1 Å². The molecule has 0 spiro atoms. The third kappa shape index (κ3) is 3.13. The van der Waals surface area contributed by atoms with Crippen LogP contribution in [0.25, 0.3) is 44.2 Å². The number of hydrogen-bond donors (Lipinski definition) is 0. The van der Waals surface area contributed by atoms with Crippen molar-refractivity contribution in [3.63, 3.8) is 0 Å². The van der Waals surface area contributed by atoms with Crippen molar-refractivity contribution >= 4 is 31.8 Å². The summed E-state index contributed by atoms with van der Waals surface area (Å²) in [5.74, 6) is 0. The van der Waals surface area contributed by atoms with Gasteiger partial charge in [-0.15, -0.1) is 0 Å². The molecule has 0 saturated heterocycles. The Morgan fingerprint density at radius 3 is 1.82 bits per heavy atom. The standard InChI is InChI=1S/C29H20N2O2S/c32-34(33,23-16-8-3-9-17-23)31-25-19-11-10-18-24(25)28-26(31)20-30-29(22-14-6-2-7-15-22)27(28)21-12-4-1-5-13-21/h1-20H. The zero-order chi connectivity index (χ0) is 23.1. The van der Waals surface area contributed by atoms with Crippen LogP contribution < -0.4 is 0 Å². The van der Waals surface area contributed by atoms with E-state index in [2.05, 4.69) is 0 Å². The molecule has 6 aromatic rings. The van der Waals surface area contributed by atoms with Gasteiger partial charge in [0, 0.05) is 21.9 Å². The van der Waals surface area contributed by atoms with E-state index in [1.165, 1.54) is 3.97 Å². The van der Waals surface area contributed by atoms with Gasteiger partial charge in [-0.05, 0) is 23.8 Å². The van der Waals surface area contributed by atoms with Crippen molar-refractivity contribution in [3.05, 3.63) is 121 Å². The third-order valence-corrected chi connectivity index (χ3v) is 7.80. The van der Waals surface area contributed by atoms with Crippen LogP contribution in [-0.2, 0) is 10.0 Å². The van der Waals surface area contributed by atoms with E-state index < -0.39 is 10.0 Å². The van der Waals surface area contributed by atoms with Crippen LogP contribution in [0.3, 0.4) is 0 Å². The van der Waals surface area contributed by atoms with E-state index in [0.29, 0.717) is 11.0 Å². The molecule has 0 saturated carbocycles. The highest BCUT2D eigenvalue weighted by Crippen LogP contribution is 2.42. The van der Waals surface area contributed by atoms with Crippen LogP contribution in [0.1, 0.15) is 0 Å². The molecular formula is C29H20N2O2S. The van der Waals surface area contributed by atoms with Gasteiger partial charge >= 0.3 is 0 Å². The van der Waals surface area contributed by atoms with Gasteiger partial charge in [0.1, 0.15) is 0 Å². The van der Waals surface area contributed by atoms with Gasteiger partial charge in [-0.3, -0.25) is 4.98 Å².